The molecular formula is C16H20N6O9S3. The summed E-state index contributed by atoms with van der Waals surface area (Å²) in [5, 5.41) is 15.5. The number of nitrogen functional groups attached to an aromatic ring is 1. The molecule has 5 N–H and O–H groups in total. The van der Waals surface area contributed by atoms with Crippen molar-refractivity contribution in [3.8, 4) is 0 Å². The first kappa shape index (κ1) is 25.7. The quantitative estimate of drug-likeness (QED) is 0.129. The fraction of sp³-hybridized carbons (Fsp3) is 0.500. The van der Waals surface area contributed by atoms with Gasteiger partial charge in [-0.1, -0.05) is 16.9 Å². The van der Waals surface area contributed by atoms with Gasteiger partial charge in [0.15, 0.2) is 10.8 Å². The molecule has 2 fully saturated rings. The van der Waals surface area contributed by atoms with E-state index in [4.69, 9.17) is 10.8 Å². The summed E-state index contributed by atoms with van der Waals surface area (Å²) in [6, 6.07) is -2.68. The summed E-state index contributed by atoms with van der Waals surface area (Å²) in [4.78, 5) is 58.3. The highest BCUT2D eigenvalue weighted by molar-refractivity contribution is 8.13. The molecule has 0 aliphatic carbocycles. The average Bonchev–Trinajstić information content (AvgIpc) is 3.42. The zero-order valence-electron chi connectivity index (χ0n) is 17.3. The van der Waals surface area contributed by atoms with Crippen molar-refractivity contribution in [1.29, 1.82) is 0 Å². The molecule has 18 heteroatoms. The largest absolute Gasteiger partial charge is 0.479 e. The number of thioether (sulfide) groups is 1. The Bertz CT molecular complexity index is 1120. The van der Waals surface area contributed by atoms with Gasteiger partial charge in [-0.3, -0.25) is 18.9 Å². The third kappa shape index (κ3) is 5.93. The number of amides is 3. The van der Waals surface area contributed by atoms with Gasteiger partial charge in [0.25, 0.3) is 17.1 Å². The molecule has 34 heavy (non-hydrogen) atoms. The number of aliphatic carboxylic acids is 1. The van der Waals surface area contributed by atoms with Crippen LogP contribution >= 0.6 is 23.1 Å². The Hall–Kier alpha value is -2.96. The number of carboxylic acids is 1. The van der Waals surface area contributed by atoms with E-state index in [0.29, 0.717) is 13.1 Å². The molecule has 3 rings (SSSR count). The van der Waals surface area contributed by atoms with Crippen LogP contribution in [0, 0.1) is 0 Å². The van der Waals surface area contributed by atoms with Crippen molar-refractivity contribution < 1.29 is 42.1 Å². The number of carbonyl (C=O) groups excluding carboxylic acids is 3. The summed E-state index contributed by atoms with van der Waals surface area (Å²) < 4.78 is 32.9. The van der Waals surface area contributed by atoms with E-state index < -0.39 is 52.5 Å². The minimum atomic E-state index is -4.95. The first-order valence-corrected chi connectivity index (χ1v) is 12.9. The molecule has 0 radical (unpaired) electrons. The fourth-order valence-electron chi connectivity index (χ4n) is 3.24. The number of anilines is 1. The van der Waals surface area contributed by atoms with E-state index in [2.05, 4.69) is 20.3 Å². The van der Waals surface area contributed by atoms with Gasteiger partial charge in [0.05, 0.1) is 6.04 Å². The Morgan fingerprint density at radius 2 is 2.03 bits per heavy atom. The van der Waals surface area contributed by atoms with E-state index in [1.807, 2.05) is 0 Å². The maximum Gasteiger partial charge on any atom is 0.362 e. The molecule has 1 aromatic heterocycles. The summed E-state index contributed by atoms with van der Waals surface area (Å²) in [6.07, 6.45) is 1.69. The number of β-lactam (4-membered cyclic amide) rings is 1. The number of nitrogens with two attached hydrogens (primary N) is 1. The molecule has 0 unspecified atom stereocenters. The SMILES string of the molecule is Nc1nc(/C(=N\OCC(=O)O)C(=O)N[C@@H]2C(=O)N(S(=O)(=O)O)[C@@H]2CSC(=O)N2CCCC2)cs1. The van der Waals surface area contributed by atoms with Gasteiger partial charge in [-0.15, -0.1) is 11.3 Å². The highest BCUT2D eigenvalue weighted by Crippen LogP contribution is 2.28. The van der Waals surface area contributed by atoms with E-state index in [9.17, 15) is 32.1 Å². The van der Waals surface area contributed by atoms with Gasteiger partial charge in [0.1, 0.15) is 11.7 Å². The van der Waals surface area contributed by atoms with Gasteiger partial charge >= 0.3 is 16.3 Å². The van der Waals surface area contributed by atoms with E-state index in [-0.39, 0.29) is 26.1 Å². The van der Waals surface area contributed by atoms with Crippen molar-refractivity contribution in [1.82, 2.24) is 19.5 Å². The highest BCUT2D eigenvalue weighted by Gasteiger charge is 2.54. The number of carboxylic acid groups (broad SMARTS) is 1. The van der Waals surface area contributed by atoms with E-state index >= 15 is 0 Å². The molecule has 15 nitrogen and oxygen atoms in total. The zero-order valence-corrected chi connectivity index (χ0v) is 19.8. The van der Waals surface area contributed by atoms with Gasteiger partial charge in [0, 0.05) is 24.2 Å². The number of oxime groups is 1. The molecule has 2 atom stereocenters. The number of likely N-dealkylation sites (tertiary alicyclic amines) is 1. The van der Waals surface area contributed by atoms with Gasteiger partial charge < -0.3 is 25.9 Å². The van der Waals surface area contributed by atoms with Crippen molar-refractivity contribution >= 4 is 67.3 Å². The number of rotatable bonds is 9. The van der Waals surface area contributed by atoms with E-state index in [1.54, 1.807) is 4.90 Å². The Morgan fingerprint density at radius 3 is 2.59 bits per heavy atom. The zero-order chi connectivity index (χ0) is 25.0. The predicted octanol–water partition coefficient (Wildman–Crippen LogP) is -1.02. The third-order valence-electron chi connectivity index (χ3n) is 4.77. The average molecular weight is 537 g/mol. The second-order valence-electron chi connectivity index (χ2n) is 7.08. The molecular weight excluding hydrogens is 516 g/mol. The van der Waals surface area contributed by atoms with Gasteiger partial charge in [-0.25, -0.2) is 14.1 Å². The van der Waals surface area contributed by atoms with Crippen LogP contribution in [0.5, 0.6) is 0 Å². The minimum absolute atomic E-state index is 0.0701. The van der Waals surface area contributed by atoms with Crippen LogP contribution in [0.1, 0.15) is 18.5 Å². The lowest BCUT2D eigenvalue weighted by atomic mass is 10.0. The second kappa shape index (κ2) is 10.5. The third-order valence-corrected chi connectivity index (χ3v) is 7.40. The molecule has 2 aliphatic rings. The number of hydrogen-bond acceptors (Lipinski definition) is 12. The summed E-state index contributed by atoms with van der Waals surface area (Å²) in [5.41, 5.74) is 4.98. The summed E-state index contributed by atoms with van der Waals surface area (Å²) in [5.74, 6) is -3.75. The molecule has 0 saturated carbocycles. The van der Waals surface area contributed by atoms with Crippen LogP contribution < -0.4 is 11.1 Å². The molecule has 2 saturated heterocycles. The number of nitrogens with one attached hydrogen (secondary N) is 1. The molecule has 186 valence electrons. The van der Waals surface area contributed by atoms with Crippen LogP contribution in [-0.2, 0) is 29.5 Å². The lowest BCUT2D eigenvalue weighted by molar-refractivity contribution is -0.143. The molecule has 0 bridgehead atoms. The highest BCUT2D eigenvalue weighted by atomic mass is 32.2. The summed E-state index contributed by atoms with van der Waals surface area (Å²) >= 11 is 1.71. The molecule has 1 aromatic rings. The fourth-order valence-corrected chi connectivity index (χ4v) is 5.78. The molecule has 2 aliphatic heterocycles. The van der Waals surface area contributed by atoms with Crippen LogP contribution in [0.4, 0.5) is 9.93 Å². The van der Waals surface area contributed by atoms with Crippen molar-refractivity contribution in [2.45, 2.75) is 24.9 Å². The first-order chi connectivity index (χ1) is 16.0. The minimum Gasteiger partial charge on any atom is -0.479 e. The molecule has 0 aromatic carbocycles. The molecule has 3 amide bonds. The van der Waals surface area contributed by atoms with E-state index in [1.165, 1.54) is 5.38 Å². The molecule has 3 heterocycles. The first-order valence-electron chi connectivity index (χ1n) is 9.65. The van der Waals surface area contributed by atoms with Crippen LogP contribution in [-0.4, -0.2) is 98.5 Å². The lowest BCUT2D eigenvalue weighted by Crippen LogP contribution is -2.73. The van der Waals surface area contributed by atoms with Gasteiger partial charge in [-0.05, 0) is 12.8 Å². The number of nitrogens with zero attached hydrogens (tertiary/aromatic N) is 4. The number of hydrogen-bond donors (Lipinski definition) is 4. The Kier molecular flexibility index (Phi) is 7.95. The van der Waals surface area contributed by atoms with Crippen LogP contribution in [0.15, 0.2) is 10.5 Å². The maximum atomic E-state index is 12.8. The van der Waals surface area contributed by atoms with E-state index in [0.717, 1.165) is 35.9 Å². The standard InChI is InChI=1S/C16H20N6O9S3/c17-15-18-8(6-32-15)11(20-31-5-10(23)24)13(25)19-12-9(22(14(12)26)34(28,29)30)7-33-16(27)21-3-1-2-4-21/h6,9,12H,1-5,7H2,(H2,17,18)(H,19,25)(H,23,24)(H,28,29,30)/b20-11+/t9-,12+/m1/s1. The normalized spacial score (nSPS) is 20.7. The number of thiazole rings is 1. The maximum absolute atomic E-state index is 12.8. The van der Waals surface area contributed by atoms with Gasteiger partial charge in [0.2, 0.25) is 6.61 Å². The number of carbonyl (C=O) groups is 4. The van der Waals surface area contributed by atoms with Gasteiger partial charge in [-0.2, -0.15) is 8.42 Å². The Balaban J connectivity index is 1.76. The Labute approximate surface area is 201 Å². The van der Waals surface area contributed by atoms with Crippen LogP contribution in [0.3, 0.4) is 0 Å². The second-order valence-corrected chi connectivity index (χ2v) is 10.2. The van der Waals surface area contributed by atoms with Crippen molar-refractivity contribution in [2.75, 3.05) is 31.2 Å². The van der Waals surface area contributed by atoms with Crippen LogP contribution in [0.25, 0.3) is 0 Å². The summed E-state index contributed by atoms with van der Waals surface area (Å²) in [6.45, 7) is 0.252. The monoisotopic (exact) mass is 536 g/mol. The van der Waals surface area contributed by atoms with Crippen LogP contribution in [0.2, 0.25) is 0 Å². The van der Waals surface area contributed by atoms with Crippen molar-refractivity contribution in [2.24, 2.45) is 5.16 Å². The number of aromatic nitrogens is 1. The van der Waals surface area contributed by atoms with Crippen molar-refractivity contribution in [3.05, 3.63) is 11.1 Å². The predicted molar refractivity (Wildman–Crippen MR) is 119 cm³/mol. The summed E-state index contributed by atoms with van der Waals surface area (Å²) in [7, 11) is -4.95. The lowest BCUT2D eigenvalue weighted by Gasteiger charge is -2.44. The topological polar surface area (TPSA) is 222 Å². The smallest absolute Gasteiger partial charge is 0.362 e. The van der Waals surface area contributed by atoms with Crippen molar-refractivity contribution in [3.63, 3.8) is 0 Å². The Morgan fingerprint density at radius 1 is 1.35 bits per heavy atom. The molecule has 0 spiro atoms.